The molecule has 0 atom stereocenters. The van der Waals surface area contributed by atoms with Gasteiger partial charge in [0.15, 0.2) is 0 Å². The van der Waals surface area contributed by atoms with E-state index in [-0.39, 0.29) is 12.6 Å². The summed E-state index contributed by atoms with van der Waals surface area (Å²) in [5, 5.41) is 8.69. The highest BCUT2D eigenvalue weighted by Crippen LogP contribution is 2.08. The zero-order chi connectivity index (χ0) is 11.8. The fourth-order valence-corrected chi connectivity index (χ4v) is 1.37. The summed E-state index contributed by atoms with van der Waals surface area (Å²) in [7, 11) is 0. The van der Waals surface area contributed by atoms with Crippen molar-refractivity contribution < 1.29 is 14.6 Å². The highest BCUT2D eigenvalue weighted by Gasteiger charge is 2.05. The molecule has 0 saturated carbocycles. The van der Waals surface area contributed by atoms with Gasteiger partial charge < -0.3 is 9.84 Å². The maximum absolute atomic E-state index is 11.5. The third-order valence-corrected chi connectivity index (χ3v) is 2.25. The number of aryl methyl sites for hydroxylation is 1. The van der Waals surface area contributed by atoms with Crippen molar-refractivity contribution in [2.24, 2.45) is 0 Å². The van der Waals surface area contributed by atoms with E-state index >= 15 is 0 Å². The summed E-state index contributed by atoms with van der Waals surface area (Å²) in [6.07, 6.45) is 2.42. The predicted molar refractivity (Wildman–Crippen MR) is 62.4 cm³/mol. The molecule has 0 amide bonds. The lowest BCUT2D eigenvalue weighted by atomic mass is 10.1. The summed E-state index contributed by atoms with van der Waals surface area (Å²) in [6.45, 7) is 2.62. The summed E-state index contributed by atoms with van der Waals surface area (Å²) < 4.78 is 5.02. The molecule has 1 aromatic carbocycles. The predicted octanol–water partition coefficient (Wildman–Crippen LogP) is 2.18. The Morgan fingerprint density at radius 3 is 2.56 bits per heavy atom. The van der Waals surface area contributed by atoms with E-state index in [1.54, 1.807) is 12.1 Å². The van der Waals surface area contributed by atoms with Gasteiger partial charge in [-0.05, 0) is 37.0 Å². The van der Waals surface area contributed by atoms with E-state index in [0.29, 0.717) is 12.2 Å². The number of ether oxygens (including phenoxy) is 1. The van der Waals surface area contributed by atoms with Crippen LogP contribution in [-0.2, 0) is 11.2 Å². The van der Waals surface area contributed by atoms with Crippen LogP contribution in [0.5, 0.6) is 0 Å². The number of aliphatic hydroxyl groups excluding tert-OH is 1. The van der Waals surface area contributed by atoms with Gasteiger partial charge in [0.25, 0.3) is 0 Å². The molecule has 0 aromatic heterocycles. The van der Waals surface area contributed by atoms with Crippen LogP contribution in [0.4, 0.5) is 0 Å². The molecule has 0 aliphatic heterocycles. The quantitative estimate of drug-likeness (QED) is 0.750. The Hall–Kier alpha value is -1.35. The van der Waals surface area contributed by atoms with Crippen molar-refractivity contribution in [3.8, 4) is 0 Å². The lowest BCUT2D eigenvalue weighted by Crippen LogP contribution is -2.05. The second-order valence-electron chi connectivity index (χ2n) is 3.66. The highest BCUT2D eigenvalue weighted by atomic mass is 16.5. The molecule has 3 nitrogen and oxygen atoms in total. The number of rotatable bonds is 6. The maximum atomic E-state index is 11.5. The molecule has 0 fully saturated rings. The Morgan fingerprint density at radius 1 is 1.31 bits per heavy atom. The molecule has 0 bridgehead atoms. The molecule has 1 aromatic rings. The van der Waals surface area contributed by atoms with Crippen LogP contribution in [0.2, 0.25) is 0 Å². The molecular weight excluding hydrogens is 204 g/mol. The average molecular weight is 222 g/mol. The molecule has 0 aliphatic rings. The first kappa shape index (κ1) is 12.7. The van der Waals surface area contributed by atoms with Gasteiger partial charge in [0.1, 0.15) is 0 Å². The van der Waals surface area contributed by atoms with Crippen molar-refractivity contribution >= 4 is 5.97 Å². The molecule has 0 spiro atoms. The number of benzene rings is 1. The van der Waals surface area contributed by atoms with Gasteiger partial charge in [-0.1, -0.05) is 19.1 Å². The van der Waals surface area contributed by atoms with E-state index < -0.39 is 0 Å². The van der Waals surface area contributed by atoms with Crippen molar-refractivity contribution in [2.75, 3.05) is 13.2 Å². The zero-order valence-electron chi connectivity index (χ0n) is 9.61. The van der Waals surface area contributed by atoms with E-state index in [4.69, 9.17) is 9.84 Å². The summed E-state index contributed by atoms with van der Waals surface area (Å²) in [5.74, 6) is -0.268. The van der Waals surface area contributed by atoms with Crippen LogP contribution < -0.4 is 0 Å². The Bertz CT molecular complexity index is 316. The van der Waals surface area contributed by atoms with Crippen LogP contribution in [0.1, 0.15) is 35.7 Å². The van der Waals surface area contributed by atoms with Crippen LogP contribution in [-0.4, -0.2) is 24.3 Å². The minimum absolute atomic E-state index is 0.195. The Labute approximate surface area is 96.1 Å². The van der Waals surface area contributed by atoms with Crippen molar-refractivity contribution in [2.45, 2.75) is 26.2 Å². The number of hydrogen-bond acceptors (Lipinski definition) is 3. The van der Waals surface area contributed by atoms with Crippen LogP contribution in [0.15, 0.2) is 24.3 Å². The summed E-state index contributed by atoms with van der Waals surface area (Å²) in [5.41, 5.74) is 1.71. The molecule has 0 unspecified atom stereocenters. The fourth-order valence-electron chi connectivity index (χ4n) is 1.37. The summed E-state index contributed by atoms with van der Waals surface area (Å²) >= 11 is 0. The van der Waals surface area contributed by atoms with Crippen LogP contribution >= 0.6 is 0 Å². The van der Waals surface area contributed by atoms with Gasteiger partial charge >= 0.3 is 5.97 Å². The Kier molecular flexibility index (Phi) is 5.57. The Morgan fingerprint density at radius 2 is 2.00 bits per heavy atom. The zero-order valence-corrected chi connectivity index (χ0v) is 9.61. The van der Waals surface area contributed by atoms with Gasteiger partial charge in [-0.2, -0.15) is 0 Å². The first-order valence-corrected chi connectivity index (χ1v) is 5.65. The van der Waals surface area contributed by atoms with E-state index in [1.807, 2.05) is 19.1 Å². The molecule has 0 radical (unpaired) electrons. The number of aliphatic hydroxyl groups is 1. The van der Waals surface area contributed by atoms with Crippen LogP contribution in [0.3, 0.4) is 0 Å². The second kappa shape index (κ2) is 7.01. The first-order valence-electron chi connectivity index (χ1n) is 5.65. The van der Waals surface area contributed by atoms with Gasteiger partial charge in [-0.3, -0.25) is 0 Å². The molecule has 0 saturated heterocycles. The third-order valence-electron chi connectivity index (χ3n) is 2.25. The van der Waals surface area contributed by atoms with Crippen molar-refractivity contribution in [1.29, 1.82) is 0 Å². The molecular formula is C13H18O3. The SMILES string of the molecule is CCCOC(=O)c1ccc(CCCO)cc1. The minimum Gasteiger partial charge on any atom is -0.462 e. The number of carbonyl (C=O) groups excluding carboxylic acids is 1. The lowest BCUT2D eigenvalue weighted by Gasteiger charge is -2.04. The molecule has 0 aliphatic carbocycles. The molecule has 3 heteroatoms. The minimum atomic E-state index is -0.268. The summed E-state index contributed by atoms with van der Waals surface area (Å²) in [6, 6.07) is 7.34. The largest absolute Gasteiger partial charge is 0.462 e. The second-order valence-corrected chi connectivity index (χ2v) is 3.66. The third kappa shape index (κ3) is 4.03. The van der Waals surface area contributed by atoms with E-state index in [2.05, 4.69) is 0 Å². The van der Waals surface area contributed by atoms with E-state index in [9.17, 15) is 4.79 Å². The van der Waals surface area contributed by atoms with Crippen LogP contribution in [0, 0.1) is 0 Å². The van der Waals surface area contributed by atoms with Gasteiger partial charge in [0.05, 0.1) is 12.2 Å². The molecule has 1 N–H and O–H groups in total. The van der Waals surface area contributed by atoms with Gasteiger partial charge in [-0.15, -0.1) is 0 Å². The van der Waals surface area contributed by atoms with Gasteiger partial charge in [0, 0.05) is 6.61 Å². The smallest absolute Gasteiger partial charge is 0.338 e. The molecule has 16 heavy (non-hydrogen) atoms. The number of carbonyl (C=O) groups is 1. The lowest BCUT2D eigenvalue weighted by molar-refractivity contribution is 0.0505. The average Bonchev–Trinajstić information content (AvgIpc) is 2.34. The molecule has 1 rings (SSSR count). The van der Waals surface area contributed by atoms with Crippen molar-refractivity contribution in [3.05, 3.63) is 35.4 Å². The van der Waals surface area contributed by atoms with Crippen LogP contribution in [0.25, 0.3) is 0 Å². The monoisotopic (exact) mass is 222 g/mol. The standard InChI is InChI=1S/C13H18O3/c1-2-10-16-13(15)12-7-5-11(6-8-12)4-3-9-14/h5-8,14H,2-4,9-10H2,1H3. The fraction of sp³-hybridized carbons (Fsp3) is 0.462. The maximum Gasteiger partial charge on any atom is 0.338 e. The number of hydrogen-bond donors (Lipinski definition) is 1. The van der Waals surface area contributed by atoms with Crippen molar-refractivity contribution in [1.82, 2.24) is 0 Å². The van der Waals surface area contributed by atoms with Gasteiger partial charge in [-0.25, -0.2) is 4.79 Å². The van der Waals surface area contributed by atoms with Gasteiger partial charge in [0.2, 0.25) is 0 Å². The topological polar surface area (TPSA) is 46.5 Å². The first-order chi connectivity index (χ1) is 7.77. The normalized spacial score (nSPS) is 10.1. The van der Waals surface area contributed by atoms with Crippen molar-refractivity contribution in [3.63, 3.8) is 0 Å². The number of esters is 1. The molecule has 88 valence electrons. The summed E-state index contributed by atoms with van der Waals surface area (Å²) in [4.78, 5) is 11.5. The van der Waals surface area contributed by atoms with E-state index in [0.717, 1.165) is 24.8 Å². The molecule has 0 heterocycles. The van der Waals surface area contributed by atoms with E-state index in [1.165, 1.54) is 0 Å². The Balaban J connectivity index is 2.53. The highest BCUT2D eigenvalue weighted by molar-refractivity contribution is 5.89.